The molecule has 0 radical (unpaired) electrons. The second kappa shape index (κ2) is 7.69. The van der Waals surface area contributed by atoms with E-state index in [1.807, 2.05) is 18.2 Å². The Morgan fingerprint density at radius 1 is 1.19 bits per heavy atom. The van der Waals surface area contributed by atoms with Gasteiger partial charge in [0.25, 0.3) is 0 Å². The molecular weight excluding hydrogens is 385 g/mol. The summed E-state index contributed by atoms with van der Waals surface area (Å²) >= 11 is 0. The van der Waals surface area contributed by atoms with Crippen molar-refractivity contribution >= 4 is 29.9 Å². The predicted molar refractivity (Wildman–Crippen MR) is 90.6 cm³/mol. The molecule has 1 saturated heterocycles. The second-order valence-corrected chi connectivity index (χ2v) is 4.78. The fourth-order valence-corrected chi connectivity index (χ4v) is 2.29. The van der Waals surface area contributed by atoms with Gasteiger partial charge in [-0.1, -0.05) is 6.07 Å². The van der Waals surface area contributed by atoms with Crippen LogP contribution in [0, 0.1) is 0 Å². The zero-order valence-electron chi connectivity index (χ0n) is 11.8. The maximum Gasteiger partial charge on any atom is 0.231 e. The van der Waals surface area contributed by atoms with Gasteiger partial charge in [0.2, 0.25) is 6.79 Å². The number of benzene rings is 1. The Hall–Kier alpha value is -1.22. The van der Waals surface area contributed by atoms with Gasteiger partial charge in [0.1, 0.15) is 0 Å². The highest BCUT2D eigenvalue weighted by Gasteiger charge is 2.14. The number of fused-ring (bicyclic) bond motifs is 1. The molecule has 2 N–H and O–H groups in total. The van der Waals surface area contributed by atoms with Gasteiger partial charge in [0, 0.05) is 19.6 Å². The molecule has 6 nitrogen and oxygen atoms in total. The predicted octanol–water partition coefficient (Wildman–Crippen LogP) is 1.22. The molecule has 2 aliphatic rings. The van der Waals surface area contributed by atoms with Gasteiger partial charge in [-0.05, 0) is 24.1 Å². The van der Waals surface area contributed by atoms with Crippen LogP contribution in [0.2, 0.25) is 0 Å². The van der Waals surface area contributed by atoms with Gasteiger partial charge in [0.05, 0.1) is 13.2 Å². The van der Waals surface area contributed by atoms with Crippen LogP contribution in [0.1, 0.15) is 5.56 Å². The van der Waals surface area contributed by atoms with Gasteiger partial charge in [-0.25, -0.2) is 0 Å². The molecule has 0 spiro atoms. The van der Waals surface area contributed by atoms with E-state index in [0.717, 1.165) is 44.2 Å². The molecule has 0 bridgehead atoms. The van der Waals surface area contributed by atoms with E-state index in [-0.39, 0.29) is 24.0 Å². The molecule has 0 unspecified atom stereocenters. The highest BCUT2D eigenvalue weighted by Crippen LogP contribution is 2.32. The Morgan fingerprint density at radius 2 is 1.95 bits per heavy atom. The quantitative estimate of drug-likeness (QED) is 0.466. The standard InChI is InChI=1S/C14H19N3O3.HI/c15-14(17-5-7-18-8-6-17)16-4-3-11-1-2-12-13(9-11)20-10-19-12;/h1-2,9H,3-8,10H2,(H2,15,16);1H. The van der Waals surface area contributed by atoms with E-state index in [2.05, 4.69) is 9.89 Å². The van der Waals surface area contributed by atoms with Crippen molar-refractivity contribution < 1.29 is 14.2 Å². The molecule has 0 aliphatic carbocycles. The van der Waals surface area contributed by atoms with Crippen molar-refractivity contribution in [2.75, 3.05) is 39.6 Å². The first kappa shape index (κ1) is 16.2. The van der Waals surface area contributed by atoms with Gasteiger partial charge < -0.3 is 24.8 Å². The molecule has 0 atom stereocenters. The zero-order valence-corrected chi connectivity index (χ0v) is 14.1. The number of aliphatic imine (C=N–C) groups is 1. The monoisotopic (exact) mass is 405 g/mol. The van der Waals surface area contributed by atoms with E-state index in [0.29, 0.717) is 19.3 Å². The molecule has 1 aromatic rings. The highest BCUT2D eigenvalue weighted by atomic mass is 127. The van der Waals surface area contributed by atoms with Crippen molar-refractivity contribution in [3.8, 4) is 11.5 Å². The maximum absolute atomic E-state index is 5.98. The number of ether oxygens (including phenoxy) is 3. The zero-order chi connectivity index (χ0) is 13.8. The minimum absolute atomic E-state index is 0. The van der Waals surface area contributed by atoms with Gasteiger partial charge in [-0.2, -0.15) is 0 Å². The van der Waals surface area contributed by atoms with Crippen LogP contribution >= 0.6 is 24.0 Å². The molecule has 2 heterocycles. The van der Waals surface area contributed by atoms with Crippen molar-refractivity contribution in [2.45, 2.75) is 6.42 Å². The lowest BCUT2D eigenvalue weighted by Crippen LogP contribution is -2.44. The second-order valence-electron chi connectivity index (χ2n) is 4.78. The normalized spacial score (nSPS) is 17.5. The fourth-order valence-electron chi connectivity index (χ4n) is 2.29. The van der Waals surface area contributed by atoms with Gasteiger partial charge in [-0.15, -0.1) is 24.0 Å². The van der Waals surface area contributed by atoms with Crippen molar-refractivity contribution in [3.63, 3.8) is 0 Å². The first-order valence-corrected chi connectivity index (χ1v) is 6.84. The fraction of sp³-hybridized carbons (Fsp3) is 0.500. The number of nitrogens with zero attached hydrogens (tertiary/aromatic N) is 2. The minimum atomic E-state index is 0. The lowest BCUT2D eigenvalue weighted by molar-refractivity contribution is 0.0674. The summed E-state index contributed by atoms with van der Waals surface area (Å²) in [5.74, 6) is 2.23. The number of morpholine rings is 1. The average molecular weight is 405 g/mol. The lowest BCUT2D eigenvalue weighted by Gasteiger charge is -2.27. The minimum Gasteiger partial charge on any atom is -0.454 e. The molecular formula is C14H20IN3O3. The molecule has 0 amide bonds. The van der Waals surface area contributed by atoms with Crippen molar-refractivity contribution in [1.82, 2.24) is 4.90 Å². The highest BCUT2D eigenvalue weighted by molar-refractivity contribution is 14.0. The molecule has 7 heteroatoms. The van der Waals surface area contributed by atoms with Crippen LogP contribution in [0.3, 0.4) is 0 Å². The molecule has 2 aliphatic heterocycles. The SMILES string of the molecule is I.NC(=NCCc1ccc2c(c1)OCO2)N1CCOCC1. The maximum atomic E-state index is 5.98. The van der Waals surface area contributed by atoms with Gasteiger partial charge in [0.15, 0.2) is 17.5 Å². The summed E-state index contributed by atoms with van der Waals surface area (Å²) in [5.41, 5.74) is 7.15. The molecule has 3 rings (SSSR count). The summed E-state index contributed by atoms with van der Waals surface area (Å²) in [6, 6.07) is 5.98. The first-order chi connectivity index (χ1) is 9.83. The number of hydrogen-bond acceptors (Lipinski definition) is 4. The smallest absolute Gasteiger partial charge is 0.231 e. The summed E-state index contributed by atoms with van der Waals surface area (Å²) in [7, 11) is 0. The van der Waals surface area contributed by atoms with Crippen molar-refractivity contribution in [1.29, 1.82) is 0 Å². The van der Waals surface area contributed by atoms with E-state index < -0.39 is 0 Å². The van der Waals surface area contributed by atoms with E-state index >= 15 is 0 Å². The Morgan fingerprint density at radius 3 is 2.76 bits per heavy atom. The van der Waals surface area contributed by atoms with Crippen LogP contribution < -0.4 is 15.2 Å². The van der Waals surface area contributed by atoms with Crippen LogP contribution in [-0.2, 0) is 11.2 Å². The third-order valence-corrected chi connectivity index (χ3v) is 3.45. The summed E-state index contributed by atoms with van der Waals surface area (Å²) < 4.78 is 15.9. The van der Waals surface area contributed by atoms with Gasteiger partial charge in [-0.3, -0.25) is 4.99 Å². The lowest BCUT2D eigenvalue weighted by atomic mass is 10.1. The number of nitrogens with two attached hydrogens (primary N) is 1. The molecule has 1 aromatic carbocycles. The van der Waals surface area contributed by atoms with E-state index in [1.165, 1.54) is 5.56 Å². The van der Waals surface area contributed by atoms with E-state index in [4.69, 9.17) is 19.9 Å². The van der Waals surface area contributed by atoms with Crippen LogP contribution in [0.4, 0.5) is 0 Å². The first-order valence-electron chi connectivity index (χ1n) is 6.84. The van der Waals surface area contributed by atoms with Crippen LogP contribution in [0.5, 0.6) is 11.5 Å². The molecule has 0 aromatic heterocycles. The number of guanidine groups is 1. The van der Waals surface area contributed by atoms with Crippen molar-refractivity contribution in [2.24, 2.45) is 10.7 Å². The van der Waals surface area contributed by atoms with Gasteiger partial charge >= 0.3 is 0 Å². The largest absolute Gasteiger partial charge is 0.454 e. The Bertz CT molecular complexity index is 504. The average Bonchev–Trinajstić information content (AvgIpc) is 2.95. The van der Waals surface area contributed by atoms with E-state index in [9.17, 15) is 0 Å². The van der Waals surface area contributed by atoms with E-state index in [1.54, 1.807) is 0 Å². The van der Waals surface area contributed by atoms with Crippen molar-refractivity contribution in [3.05, 3.63) is 23.8 Å². The number of hydrogen-bond donors (Lipinski definition) is 1. The summed E-state index contributed by atoms with van der Waals surface area (Å²) in [6.07, 6.45) is 0.835. The third kappa shape index (κ3) is 4.13. The molecule has 21 heavy (non-hydrogen) atoms. The number of rotatable bonds is 3. The Labute approximate surface area is 141 Å². The van der Waals surface area contributed by atoms with Crippen LogP contribution in [0.25, 0.3) is 0 Å². The Balaban J connectivity index is 0.00000161. The topological polar surface area (TPSA) is 69.3 Å². The summed E-state index contributed by atoms with van der Waals surface area (Å²) in [5, 5.41) is 0. The summed E-state index contributed by atoms with van der Waals surface area (Å²) in [4.78, 5) is 6.49. The Kier molecular flexibility index (Phi) is 5.92. The molecule has 0 saturated carbocycles. The van der Waals surface area contributed by atoms with Crippen LogP contribution in [0.15, 0.2) is 23.2 Å². The van der Waals surface area contributed by atoms with Crippen LogP contribution in [-0.4, -0.2) is 50.5 Å². The number of halogens is 1. The third-order valence-electron chi connectivity index (χ3n) is 3.45. The molecule has 1 fully saturated rings. The summed E-state index contributed by atoms with van der Waals surface area (Å²) in [6.45, 7) is 4.05. The molecule has 116 valence electrons.